The fourth-order valence-corrected chi connectivity index (χ4v) is 3.15. The van der Waals surface area contributed by atoms with Crippen LogP contribution in [-0.2, 0) is 0 Å². The van der Waals surface area contributed by atoms with Crippen LogP contribution in [0.3, 0.4) is 0 Å². The summed E-state index contributed by atoms with van der Waals surface area (Å²) in [5.74, 6) is -0.117. The van der Waals surface area contributed by atoms with Gasteiger partial charge in [-0.15, -0.1) is 0 Å². The second-order valence-corrected chi connectivity index (χ2v) is 5.81. The fourth-order valence-electron chi connectivity index (χ4n) is 2.32. The number of hydrogen-bond acceptors (Lipinski definition) is 4. The maximum atomic E-state index is 12.0. The zero-order chi connectivity index (χ0) is 13.0. The third-order valence-electron chi connectivity index (χ3n) is 3.31. The largest absolute Gasteiger partial charge is 0.399 e. The molecule has 0 radical (unpaired) electrons. The average Bonchev–Trinajstić information content (AvgIpc) is 2.39. The number of pyridine rings is 1. The Labute approximate surface area is 112 Å². The van der Waals surface area contributed by atoms with E-state index in [1.165, 1.54) is 12.8 Å². The first-order chi connectivity index (χ1) is 8.69. The van der Waals surface area contributed by atoms with E-state index in [4.69, 9.17) is 5.73 Å². The first-order valence-electron chi connectivity index (χ1n) is 6.24. The molecule has 0 saturated heterocycles. The zero-order valence-electron chi connectivity index (χ0n) is 10.6. The minimum Gasteiger partial charge on any atom is -0.399 e. The van der Waals surface area contributed by atoms with E-state index in [9.17, 15) is 4.79 Å². The third-order valence-corrected chi connectivity index (χ3v) is 4.41. The minimum atomic E-state index is -0.117. The Morgan fingerprint density at radius 2 is 2.39 bits per heavy atom. The predicted molar refractivity (Wildman–Crippen MR) is 75.7 cm³/mol. The molecule has 1 aliphatic rings. The maximum absolute atomic E-state index is 12.0. The number of carbonyl (C=O) groups excluding carboxylic acids is 1. The summed E-state index contributed by atoms with van der Waals surface area (Å²) in [7, 11) is 0. The van der Waals surface area contributed by atoms with Gasteiger partial charge < -0.3 is 11.1 Å². The van der Waals surface area contributed by atoms with Crippen LogP contribution in [0.5, 0.6) is 0 Å². The van der Waals surface area contributed by atoms with Crippen LogP contribution in [0.1, 0.15) is 36.2 Å². The van der Waals surface area contributed by atoms with E-state index >= 15 is 0 Å². The highest BCUT2D eigenvalue weighted by molar-refractivity contribution is 7.99. The Morgan fingerprint density at radius 3 is 3.11 bits per heavy atom. The standard InChI is InChI=1S/C13H19N3OS/c1-18-11-4-2-3-10(8-11)16-13(17)12-7-9(14)5-6-15-12/h5-7,10-11H,2-4,8H2,1H3,(H2,14,15)(H,16,17). The van der Waals surface area contributed by atoms with Gasteiger partial charge in [-0.2, -0.15) is 11.8 Å². The number of nitrogen functional groups attached to an aromatic ring is 1. The van der Waals surface area contributed by atoms with E-state index in [1.807, 2.05) is 11.8 Å². The van der Waals surface area contributed by atoms with Crippen LogP contribution in [-0.4, -0.2) is 28.4 Å². The van der Waals surface area contributed by atoms with Crippen molar-refractivity contribution >= 4 is 23.4 Å². The van der Waals surface area contributed by atoms with Gasteiger partial charge in [0.05, 0.1) is 0 Å². The summed E-state index contributed by atoms with van der Waals surface area (Å²) in [6.07, 6.45) is 8.25. The molecule has 2 unspecified atom stereocenters. The summed E-state index contributed by atoms with van der Waals surface area (Å²) in [5, 5.41) is 3.72. The molecular formula is C13H19N3OS. The molecular weight excluding hydrogens is 246 g/mol. The van der Waals surface area contributed by atoms with Crippen LogP contribution in [0.15, 0.2) is 18.3 Å². The molecule has 18 heavy (non-hydrogen) atoms. The van der Waals surface area contributed by atoms with Crippen molar-refractivity contribution in [3.63, 3.8) is 0 Å². The van der Waals surface area contributed by atoms with Crippen molar-refractivity contribution in [3.8, 4) is 0 Å². The molecule has 5 heteroatoms. The molecule has 1 heterocycles. The van der Waals surface area contributed by atoms with Crippen LogP contribution in [0.25, 0.3) is 0 Å². The number of thioether (sulfide) groups is 1. The normalized spacial score (nSPS) is 23.6. The summed E-state index contributed by atoms with van der Waals surface area (Å²) >= 11 is 1.89. The summed E-state index contributed by atoms with van der Waals surface area (Å²) < 4.78 is 0. The summed E-state index contributed by atoms with van der Waals surface area (Å²) in [6, 6.07) is 3.57. The van der Waals surface area contributed by atoms with Crippen molar-refractivity contribution in [2.24, 2.45) is 0 Å². The molecule has 1 amide bonds. The highest BCUT2D eigenvalue weighted by Crippen LogP contribution is 2.27. The molecule has 2 rings (SSSR count). The number of anilines is 1. The van der Waals surface area contributed by atoms with Crippen molar-refractivity contribution in [1.29, 1.82) is 0 Å². The quantitative estimate of drug-likeness (QED) is 0.878. The Bertz CT molecular complexity index is 424. The first-order valence-corrected chi connectivity index (χ1v) is 7.53. The number of carbonyl (C=O) groups is 1. The van der Waals surface area contributed by atoms with Gasteiger partial charge in [-0.25, -0.2) is 0 Å². The van der Waals surface area contributed by atoms with E-state index in [2.05, 4.69) is 16.6 Å². The SMILES string of the molecule is CSC1CCCC(NC(=O)c2cc(N)ccn2)C1. The first kappa shape index (κ1) is 13.2. The van der Waals surface area contributed by atoms with Crippen LogP contribution in [0.2, 0.25) is 0 Å². The fraction of sp³-hybridized carbons (Fsp3) is 0.538. The van der Waals surface area contributed by atoms with Gasteiger partial charge in [-0.05, 0) is 37.7 Å². The van der Waals surface area contributed by atoms with Crippen molar-refractivity contribution in [3.05, 3.63) is 24.0 Å². The van der Waals surface area contributed by atoms with Crippen LogP contribution < -0.4 is 11.1 Å². The van der Waals surface area contributed by atoms with Crippen LogP contribution >= 0.6 is 11.8 Å². The van der Waals surface area contributed by atoms with Gasteiger partial charge in [0, 0.05) is 23.2 Å². The molecule has 98 valence electrons. The number of hydrogen-bond donors (Lipinski definition) is 2. The number of nitrogens with one attached hydrogen (secondary N) is 1. The van der Waals surface area contributed by atoms with Crippen molar-refractivity contribution < 1.29 is 4.79 Å². The topological polar surface area (TPSA) is 68.0 Å². The predicted octanol–water partition coefficient (Wildman–Crippen LogP) is 2.07. The van der Waals surface area contributed by atoms with Gasteiger partial charge in [-0.3, -0.25) is 9.78 Å². The second kappa shape index (κ2) is 6.09. The Hall–Kier alpha value is -1.23. The Morgan fingerprint density at radius 1 is 1.56 bits per heavy atom. The maximum Gasteiger partial charge on any atom is 0.270 e. The van der Waals surface area contributed by atoms with Crippen molar-refractivity contribution in [1.82, 2.24) is 10.3 Å². The Kier molecular flexibility index (Phi) is 4.47. The lowest BCUT2D eigenvalue weighted by atomic mass is 9.95. The molecule has 0 aromatic carbocycles. The lowest BCUT2D eigenvalue weighted by molar-refractivity contribution is 0.0923. The van der Waals surface area contributed by atoms with Gasteiger partial charge in [0.2, 0.25) is 0 Å². The summed E-state index contributed by atoms with van der Waals surface area (Å²) in [5.41, 5.74) is 6.62. The van der Waals surface area contributed by atoms with E-state index in [-0.39, 0.29) is 11.9 Å². The molecule has 3 N–H and O–H groups in total. The molecule has 2 atom stereocenters. The zero-order valence-corrected chi connectivity index (χ0v) is 11.4. The van der Waals surface area contributed by atoms with E-state index in [0.29, 0.717) is 16.6 Å². The molecule has 1 aromatic heterocycles. The van der Waals surface area contributed by atoms with Crippen molar-refractivity contribution in [2.45, 2.75) is 37.0 Å². The highest BCUT2D eigenvalue weighted by Gasteiger charge is 2.23. The third kappa shape index (κ3) is 3.38. The molecule has 1 aromatic rings. The van der Waals surface area contributed by atoms with Crippen LogP contribution in [0.4, 0.5) is 5.69 Å². The van der Waals surface area contributed by atoms with E-state index in [0.717, 1.165) is 12.8 Å². The van der Waals surface area contributed by atoms with Gasteiger partial charge in [0.25, 0.3) is 5.91 Å². The number of rotatable bonds is 3. The monoisotopic (exact) mass is 265 g/mol. The summed E-state index contributed by atoms with van der Waals surface area (Å²) in [6.45, 7) is 0. The van der Waals surface area contributed by atoms with Gasteiger partial charge in [0.15, 0.2) is 0 Å². The lowest BCUT2D eigenvalue weighted by Gasteiger charge is -2.28. The average molecular weight is 265 g/mol. The second-order valence-electron chi connectivity index (χ2n) is 4.67. The number of aromatic nitrogens is 1. The molecule has 0 bridgehead atoms. The molecule has 0 spiro atoms. The van der Waals surface area contributed by atoms with Crippen LogP contribution in [0, 0.1) is 0 Å². The minimum absolute atomic E-state index is 0.117. The van der Waals surface area contributed by atoms with E-state index in [1.54, 1.807) is 18.3 Å². The van der Waals surface area contributed by atoms with Gasteiger partial charge in [0.1, 0.15) is 5.69 Å². The Balaban J connectivity index is 1.95. The molecule has 4 nitrogen and oxygen atoms in total. The number of amides is 1. The molecule has 1 aliphatic carbocycles. The van der Waals surface area contributed by atoms with Crippen molar-refractivity contribution in [2.75, 3.05) is 12.0 Å². The number of nitrogens with two attached hydrogens (primary N) is 1. The van der Waals surface area contributed by atoms with Gasteiger partial charge in [-0.1, -0.05) is 6.42 Å². The molecule has 1 saturated carbocycles. The van der Waals surface area contributed by atoms with E-state index < -0.39 is 0 Å². The van der Waals surface area contributed by atoms with Gasteiger partial charge >= 0.3 is 0 Å². The molecule has 1 fully saturated rings. The highest BCUT2D eigenvalue weighted by atomic mass is 32.2. The lowest BCUT2D eigenvalue weighted by Crippen LogP contribution is -2.39. The molecule has 0 aliphatic heterocycles. The summed E-state index contributed by atoms with van der Waals surface area (Å²) in [4.78, 5) is 16.1. The smallest absolute Gasteiger partial charge is 0.270 e. The number of nitrogens with zero attached hydrogens (tertiary/aromatic N) is 1.